The number of rotatable bonds is 3. The highest BCUT2D eigenvalue weighted by Gasteiger charge is 2.62. The van der Waals surface area contributed by atoms with Crippen molar-refractivity contribution in [3.8, 4) is 0 Å². The lowest BCUT2D eigenvalue weighted by atomic mass is 9.83. The number of methoxy groups -OCH3 is 3. The van der Waals surface area contributed by atoms with Gasteiger partial charge in [-0.25, -0.2) is 4.79 Å². The van der Waals surface area contributed by atoms with E-state index < -0.39 is 48.0 Å². The number of carbonyl (C=O) groups excluding carboxylic acids is 4. The highest BCUT2D eigenvalue weighted by Crippen LogP contribution is 2.41. The molecule has 2 saturated heterocycles. The molecule has 0 unspecified atom stereocenters. The monoisotopic (exact) mass is 366 g/mol. The maximum absolute atomic E-state index is 12.8. The summed E-state index contributed by atoms with van der Waals surface area (Å²) < 4.78 is 15.0. The lowest BCUT2D eigenvalue weighted by molar-refractivity contribution is -0.181. The second-order valence-electron chi connectivity index (χ2n) is 6.51. The smallest absolute Gasteiger partial charge is 0.328 e. The Labute approximate surface area is 150 Å². The number of nitrogens with zero attached hydrogens (tertiary/aromatic N) is 2. The Kier molecular flexibility index (Phi) is 4.99. The van der Waals surface area contributed by atoms with Gasteiger partial charge in [0.25, 0.3) is 5.91 Å². The first-order chi connectivity index (χ1) is 12.5. The van der Waals surface area contributed by atoms with Crippen molar-refractivity contribution in [2.75, 3.05) is 27.9 Å². The molecular weight excluding hydrogens is 344 g/mol. The minimum Gasteiger partial charge on any atom is -0.469 e. The molecule has 9 heteroatoms. The van der Waals surface area contributed by atoms with Crippen LogP contribution >= 0.6 is 0 Å². The summed E-state index contributed by atoms with van der Waals surface area (Å²) in [6, 6.07) is -2.15. The molecule has 0 aromatic rings. The van der Waals surface area contributed by atoms with Gasteiger partial charge in [-0.05, 0) is 18.9 Å². The van der Waals surface area contributed by atoms with Crippen LogP contribution in [0.5, 0.6) is 0 Å². The van der Waals surface area contributed by atoms with Gasteiger partial charge >= 0.3 is 11.9 Å². The molecule has 3 aliphatic heterocycles. The van der Waals surface area contributed by atoms with E-state index in [2.05, 4.69) is 0 Å². The predicted octanol–water partition coefficient (Wildman–Crippen LogP) is -0.896. The van der Waals surface area contributed by atoms with E-state index in [9.17, 15) is 19.2 Å². The Morgan fingerprint density at radius 1 is 1.08 bits per heavy atom. The maximum atomic E-state index is 12.8. The molecule has 3 aliphatic rings. The number of fused-ring (bicyclic) bond motifs is 3. The molecule has 9 nitrogen and oxygen atoms in total. The Balaban J connectivity index is 2.08. The van der Waals surface area contributed by atoms with Gasteiger partial charge < -0.3 is 24.0 Å². The molecule has 2 fully saturated rings. The fourth-order valence-electron chi connectivity index (χ4n) is 4.22. The molecule has 3 rings (SSSR count). The molecule has 0 aliphatic carbocycles. The summed E-state index contributed by atoms with van der Waals surface area (Å²) in [6.07, 6.45) is 2.85. The van der Waals surface area contributed by atoms with E-state index in [-0.39, 0.29) is 12.3 Å². The van der Waals surface area contributed by atoms with Crippen molar-refractivity contribution in [3.63, 3.8) is 0 Å². The molecular formula is C17H22N2O7. The molecule has 2 amide bonds. The van der Waals surface area contributed by atoms with Crippen LogP contribution in [0.15, 0.2) is 12.2 Å². The van der Waals surface area contributed by atoms with E-state index in [1.165, 1.54) is 32.3 Å². The van der Waals surface area contributed by atoms with Crippen molar-refractivity contribution in [2.24, 2.45) is 5.92 Å². The Bertz CT molecular complexity index is 661. The van der Waals surface area contributed by atoms with Gasteiger partial charge in [0, 0.05) is 13.7 Å². The molecule has 142 valence electrons. The van der Waals surface area contributed by atoms with Crippen LogP contribution < -0.4 is 0 Å². The second-order valence-corrected chi connectivity index (χ2v) is 6.51. The van der Waals surface area contributed by atoms with Crippen molar-refractivity contribution in [2.45, 2.75) is 37.1 Å². The molecule has 5 atom stereocenters. The fourth-order valence-corrected chi connectivity index (χ4v) is 4.22. The second kappa shape index (κ2) is 7.06. The minimum atomic E-state index is -0.917. The molecule has 0 aromatic carbocycles. The summed E-state index contributed by atoms with van der Waals surface area (Å²) >= 11 is 0. The fraction of sp³-hybridized carbons (Fsp3) is 0.647. The largest absolute Gasteiger partial charge is 0.469 e. The van der Waals surface area contributed by atoms with Crippen LogP contribution in [0, 0.1) is 5.92 Å². The topological polar surface area (TPSA) is 102 Å². The van der Waals surface area contributed by atoms with Crippen molar-refractivity contribution in [1.82, 2.24) is 9.80 Å². The van der Waals surface area contributed by atoms with Gasteiger partial charge in [-0.3, -0.25) is 14.4 Å². The number of amides is 2. The first-order valence-electron chi connectivity index (χ1n) is 8.44. The quantitative estimate of drug-likeness (QED) is 0.471. The third-order valence-corrected chi connectivity index (χ3v) is 5.38. The highest BCUT2D eigenvalue weighted by atomic mass is 16.5. The minimum absolute atomic E-state index is 0.0819. The summed E-state index contributed by atoms with van der Waals surface area (Å²) in [5, 5.41) is 0. The summed E-state index contributed by atoms with van der Waals surface area (Å²) in [5.41, 5.74) is 0. The van der Waals surface area contributed by atoms with Crippen LogP contribution in [0.2, 0.25) is 0 Å². The molecule has 26 heavy (non-hydrogen) atoms. The van der Waals surface area contributed by atoms with E-state index in [4.69, 9.17) is 14.2 Å². The van der Waals surface area contributed by atoms with Crippen LogP contribution in [0.1, 0.15) is 12.8 Å². The van der Waals surface area contributed by atoms with Gasteiger partial charge in [0.05, 0.1) is 32.2 Å². The van der Waals surface area contributed by atoms with E-state index in [1.807, 2.05) is 0 Å². The SMILES string of the molecule is COC(=O)[C@H]1C[C@@H](C(=O)OC)N2C(=O)/C=C\CCN3C(=O)[C@H](OC)[C@@H]3[C@@H]12. The Hall–Kier alpha value is -2.42. The van der Waals surface area contributed by atoms with Crippen LogP contribution in [-0.2, 0) is 33.4 Å². The van der Waals surface area contributed by atoms with Gasteiger partial charge in [0.15, 0.2) is 6.10 Å². The molecule has 0 radical (unpaired) electrons. The molecule has 3 heterocycles. The standard InChI is InChI=1S/C17H22N2O7/c1-24-14-13-12-9(16(22)25-2)8-10(17(23)26-3)19(12)11(20)6-4-5-7-18(13)15(14)21/h4,6,9-10,12-14H,5,7-8H2,1-3H3/b6-4-/t9-,10-,12+,13-,14+/m0/s1. The van der Waals surface area contributed by atoms with Gasteiger partial charge in [0.1, 0.15) is 6.04 Å². The zero-order valence-electron chi connectivity index (χ0n) is 14.9. The lowest BCUT2D eigenvalue weighted by Crippen LogP contribution is -2.73. The van der Waals surface area contributed by atoms with E-state index in [0.717, 1.165) is 0 Å². The first kappa shape index (κ1) is 18.4. The summed E-state index contributed by atoms with van der Waals surface area (Å²) in [7, 11) is 3.90. The number of hydrogen-bond acceptors (Lipinski definition) is 7. The number of ether oxygens (including phenoxy) is 3. The third-order valence-electron chi connectivity index (χ3n) is 5.38. The first-order valence-corrected chi connectivity index (χ1v) is 8.44. The highest BCUT2D eigenvalue weighted by molar-refractivity contribution is 5.95. The molecule has 0 aromatic heterocycles. The normalized spacial score (nSPS) is 34.7. The lowest BCUT2D eigenvalue weighted by Gasteiger charge is -2.51. The number of esters is 2. The van der Waals surface area contributed by atoms with Gasteiger partial charge in [-0.2, -0.15) is 0 Å². The zero-order valence-corrected chi connectivity index (χ0v) is 14.9. The molecule has 0 saturated carbocycles. The maximum Gasteiger partial charge on any atom is 0.328 e. The number of carbonyl (C=O) groups is 4. The van der Waals surface area contributed by atoms with Crippen LogP contribution in [-0.4, -0.2) is 85.7 Å². The summed E-state index contributed by atoms with van der Waals surface area (Å²) in [5.74, 6) is -2.47. The molecule has 0 spiro atoms. The average molecular weight is 366 g/mol. The predicted molar refractivity (Wildman–Crippen MR) is 86.6 cm³/mol. The van der Waals surface area contributed by atoms with Crippen LogP contribution in [0.25, 0.3) is 0 Å². The average Bonchev–Trinajstić information content (AvgIpc) is 3.04. The van der Waals surface area contributed by atoms with E-state index in [1.54, 1.807) is 11.0 Å². The van der Waals surface area contributed by atoms with Crippen molar-refractivity contribution < 1.29 is 33.4 Å². The Morgan fingerprint density at radius 3 is 2.38 bits per heavy atom. The van der Waals surface area contributed by atoms with E-state index >= 15 is 0 Å². The van der Waals surface area contributed by atoms with Gasteiger partial charge in [-0.1, -0.05) is 6.08 Å². The van der Waals surface area contributed by atoms with Crippen molar-refractivity contribution >= 4 is 23.8 Å². The van der Waals surface area contributed by atoms with Crippen LogP contribution in [0.3, 0.4) is 0 Å². The van der Waals surface area contributed by atoms with Gasteiger partial charge in [-0.15, -0.1) is 0 Å². The van der Waals surface area contributed by atoms with Crippen LogP contribution in [0.4, 0.5) is 0 Å². The van der Waals surface area contributed by atoms with E-state index in [0.29, 0.717) is 13.0 Å². The molecule has 0 bridgehead atoms. The molecule has 0 N–H and O–H groups in total. The summed E-state index contributed by atoms with van der Waals surface area (Å²) in [6.45, 7) is 0.411. The zero-order chi connectivity index (χ0) is 19.0. The van der Waals surface area contributed by atoms with Crippen molar-refractivity contribution in [3.05, 3.63) is 12.2 Å². The summed E-state index contributed by atoms with van der Waals surface area (Å²) in [4.78, 5) is 52.8. The number of β-lactam (4-membered cyclic amide) rings is 1. The third kappa shape index (κ3) is 2.66. The number of hydrogen-bond donors (Lipinski definition) is 0. The van der Waals surface area contributed by atoms with Crippen molar-refractivity contribution in [1.29, 1.82) is 0 Å². The Morgan fingerprint density at radius 2 is 1.77 bits per heavy atom. The van der Waals surface area contributed by atoms with Gasteiger partial charge in [0.2, 0.25) is 5.91 Å².